The van der Waals surface area contributed by atoms with Crippen LogP contribution in [0.5, 0.6) is 0 Å². The molecular weight excluding hydrogens is 360 g/mol. The Bertz CT molecular complexity index is 538. The molecule has 0 unspecified atom stereocenters. The molecule has 22 heavy (non-hydrogen) atoms. The standard InChI is InChI=1S/C16H23BrN4S/c1-4-20(5-2)15(18-14-9-7-13(17)8-10-14)19-16-21(6-3)11-12-22-16/h7-10H,4-6,11-12H2,1-3H3. The Morgan fingerprint density at radius 3 is 2.50 bits per heavy atom. The van der Waals surface area contributed by atoms with Gasteiger partial charge in [0.05, 0.1) is 5.69 Å². The highest BCUT2D eigenvalue weighted by molar-refractivity contribution is 9.10. The van der Waals surface area contributed by atoms with Gasteiger partial charge < -0.3 is 9.80 Å². The molecule has 4 nitrogen and oxygen atoms in total. The summed E-state index contributed by atoms with van der Waals surface area (Å²) in [5.41, 5.74) is 0.931. The zero-order valence-electron chi connectivity index (χ0n) is 13.4. The van der Waals surface area contributed by atoms with Crippen molar-refractivity contribution in [3.8, 4) is 0 Å². The molecule has 1 aliphatic rings. The highest BCUT2D eigenvalue weighted by Gasteiger charge is 2.19. The van der Waals surface area contributed by atoms with Gasteiger partial charge in [-0.3, -0.25) is 0 Å². The average Bonchev–Trinajstić information content (AvgIpc) is 2.98. The van der Waals surface area contributed by atoms with Crippen LogP contribution in [0.1, 0.15) is 20.8 Å². The molecule has 0 bridgehead atoms. The second kappa shape index (κ2) is 8.58. The van der Waals surface area contributed by atoms with Crippen molar-refractivity contribution in [3.05, 3.63) is 28.7 Å². The van der Waals surface area contributed by atoms with E-state index in [1.165, 1.54) is 0 Å². The lowest BCUT2D eigenvalue weighted by Crippen LogP contribution is -2.32. The minimum atomic E-state index is 0.801. The van der Waals surface area contributed by atoms with Crippen LogP contribution in [-0.2, 0) is 0 Å². The van der Waals surface area contributed by atoms with Gasteiger partial charge in [-0.15, -0.1) is 0 Å². The number of aliphatic imine (C=N–C) groups is 2. The minimum absolute atomic E-state index is 0.801. The number of hydrogen-bond acceptors (Lipinski definition) is 2. The largest absolute Gasteiger partial charge is 0.351 e. The number of amidine groups is 1. The Balaban J connectivity index is 2.34. The molecule has 1 aliphatic heterocycles. The number of thioether (sulfide) groups is 1. The van der Waals surface area contributed by atoms with E-state index in [-0.39, 0.29) is 0 Å². The second-order valence-corrected chi connectivity index (χ2v) is 6.86. The van der Waals surface area contributed by atoms with Crippen LogP contribution in [0.4, 0.5) is 5.69 Å². The summed E-state index contributed by atoms with van der Waals surface area (Å²) in [6.45, 7) is 10.3. The first kappa shape index (κ1) is 17.3. The first-order valence-corrected chi connectivity index (χ1v) is 9.51. The van der Waals surface area contributed by atoms with Crippen LogP contribution in [0.25, 0.3) is 0 Å². The highest BCUT2D eigenvalue weighted by Crippen LogP contribution is 2.21. The third-order valence-corrected chi connectivity index (χ3v) is 5.07. The number of hydrogen-bond donors (Lipinski definition) is 0. The van der Waals surface area contributed by atoms with Crippen LogP contribution in [0.15, 0.2) is 38.7 Å². The molecule has 1 fully saturated rings. The molecule has 0 radical (unpaired) electrons. The fraction of sp³-hybridized carbons (Fsp3) is 0.500. The molecule has 2 rings (SSSR count). The Morgan fingerprint density at radius 2 is 1.91 bits per heavy atom. The summed E-state index contributed by atoms with van der Waals surface area (Å²) in [5.74, 6) is 1.91. The van der Waals surface area contributed by atoms with Gasteiger partial charge in [-0.2, -0.15) is 4.99 Å². The third kappa shape index (κ3) is 4.49. The van der Waals surface area contributed by atoms with E-state index in [9.17, 15) is 0 Å². The van der Waals surface area contributed by atoms with Crippen molar-refractivity contribution < 1.29 is 0 Å². The van der Waals surface area contributed by atoms with E-state index in [1.54, 1.807) is 0 Å². The maximum atomic E-state index is 4.86. The SMILES string of the molecule is CCN(CC)C(=Nc1ccc(Br)cc1)N=C1SCCN1CC. The van der Waals surface area contributed by atoms with Crippen LogP contribution in [0.3, 0.4) is 0 Å². The highest BCUT2D eigenvalue weighted by atomic mass is 79.9. The van der Waals surface area contributed by atoms with Gasteiger partial charge in [0, 0.05) is 36.4 Å². The Hall–Kier alpha value is -1.01. The molecule has 1 heterocycles. The van der Waals surface area contributed by atoms with E-state index in [0.717, 1.165) is 53.2 Å². The molecule has 0 aliphatic carbocycles. The maximum absolute atomic E-state index is 4.86. The van der Waals surface area contributed by atoms with Crippen molar-refractivity contribution in [1.29, 1.82) is 0 Å². The third-order valence-electron chi connectivity index (χ3n) is 3.54. The van der Waals surface area contributed by atoms with Gasteiger partial charge >= 0.3 is 0 Å². The van der Waals surface area contributed by atoms with E-state index in [1.807, 2.05) is 36.0 Å². The summed E-state index contributed by atoms with van der Waals surface area (Å²) in [5, 5.41) is 1.09. The summed E-state index contributed by atoms with van der Waals surface area (Å²) in [4.78, 5) is 14.1. The average molecular weight is 383 g/mol. The number of nitrogens with zero attached hydrogens (tertiary/aromatic N) is 4. The quantitative estimate of drug-likeness (QED) is 0.577. The number of benzene rings is 1. The monoisotopic (exact) mass is 382 g/mol. The topological polar surface area (TPSA) is 31.2 Å². The molecule has 6 heteroatoms. The van der Waals surface area contributed by atoms with Crippen LogP contribution >= 0.6 is 27.7 Å². The predicted octanol–water partition coefficient (Wildman–Crippen LogP) is 4.20. The van der Waals surface area contributed by atoms with Gasteiger partial charge in [-0.05, 0) is 45.0 Å². The molecule has 0 amide bonds. The van der Waals surface area contributed by atoms with E-state index >= 15 is 0 Å². The van der Waals surface area contributed by atoms with Crippen LogP contribution in [0, 0.1) is 0 Å². The minimum Gasteiger partial charge on any atom is -0.351 e. The van der Waals surface area contributed by atoms with Gasteiger partial charge in [0.25, 0.3) is 0 Å². The summed E-state index contributed by atoms with van der Waals surface area (Å²) in [6, 6.07) is 8.03. The lowest BCUT2D eigenvalue weighted by molar-refractivity contribution is 0.456. The van der Waals surface area contributed by atoms with Crippen molar-refractivity contribution >= 4 is 44.5 Å². The maximum Gasteiger partial charge on any atom is 0.228 e. The summed E-state index contributed by atoms with van der Waals surface area (Å²) >= 11 is 5.28. The van der Waals surface area contributed by atoms with Crippen molar-refractivity contribution in [2.75, 3.05) is 31.9 Å². The van der Waals surface area contributed by atoms with Gasteiger partial charge in [-0.25, -0.2) is 4.99 Å². The molecule has 0 atom stereocenters. The van der Waals surface area contributed by atoms with Gasteiger partial charge in [0.1, 0.15) is 0 Å². The number of halogens is 1. The fourth-order valence-electron chi connectivity index (χ4n) is 2.22. The lowest BCUT2D eigenvalue weighted by atomic mass is 10.3. The summed E-state index contributed by atoms with van der Waals surface area (Å²) in [7, 11) is 0. The molecule has 0 N–H and O–H groups in total. The first-order chi connectivity index (χ1) is 10.7. The van der Waals surface area contributed by atoms with E-state index in [4.69, 9.17) is 9.98 Å². The molecule has 1 saturated heterocycles. The lowest BCUT2D eigenvalue weighted by Gasteiger charge is -2.22. The zero-order valence-corrected chi connectivity index (χ0v) is 15.8. The molecule has 120 valence electrons. The normalized spacial score (nSPS) is 17.4. The molecule has 1 aromatic rings. The van der Waals surface area contributed by atoms with Crippen molar-refractivity contribution in [2.24, 2.45) is 9.98 Å². The Kier molecular flexibility index (Phi) is 6.76. The molecule has 0 saturated carbocycles. The van der Waals surface area contributed by atoms with Crippen molar-refractivity contribution in [3.63, 3.8) is 0 Å². The first-order valence-electron chi connectivity index (χ1n) is 7.73. The van der Waals surface area contributed by atoms with Gasteiger partial charge in [0.15, 0.2) is 5.17 Å². The van der Waals surface area contributed by atoms with Gasteiger partial charge in [0.2, 0.25) is 5.96 Å². The predicted molar refractivity (Wildman–Crippen MR) is 101 cm³/mol. The number of guanidine groups is 1. The second-order valence-electron chi connectivity index (χ2n) is 4.88. The molecule has 1 aromatic carbocycles. The van der Waals surface area contributed by atoms with E-state index in [0.29, 0.717) is 0 Å². The van der Waals surface area contributed by atoms with E-state index < -0.39 is 0 Å². The fourth-order valence-corrected chi connectivity index (χ4v) is 3.53. The van der Waals surface area contributed by atoms with E-state index in [2.05, 4.69) is 46.5 Å². The van der Waals surface area contributed by atoms with Crippen LogP contribution in [0.2, 0.25) is 0 Å². The Morgan fingerprint density at radius 1 is 1.23 bits per heavy atom. The molecule has 0 aromatic heterocycles. The van der Waals surface area contributed by atoms with Crippen LogP contribution < -0.4 is 0 Å². The number of rotatable bonds is 4. The zero-order chi connectivity index (χ0) is 15.9. The molecular formula is C16H23BrN4S. The van der Waals surface area contributed by atoms with Crippen molar-refractivity contribution in [1.82, 2.24) is 9.80 Å². The van der Waals surface area contributed by atoms with Crippen molar-refractivity contribution in [2.45, 2.75) is 20.8 Å². The molecule has 0 spiro atoms. The Labute approximate surface area is 145 Å². The summed E-state index contributed by atoms with van der Waals surface area (Å²) in [6.07, 6.45) is 0. The van der Waals surface area contributed by atoms with Gasteiger partial charge in [-0.1, -0.05) is 27.7 Å². The van der Waals surface area contributed by atoms with Crippen LogP contribution in [-0.4, -0.2) is 52.9 Å². The smallest absolute Gasteiger partial charge is 0.228 e. The summed E-state index contributed by atoms with van der Waals surface area (Å²) < 4.78 is 1.06.